The number of aryl methyl sites for hydroxylation is 2. The molecule has 0 saturated carbocycles. The molecule has 0 atom stereocenters. The molecule has 142 valence electrons. The van der Waals surface area contributed by atoms with Gasteiger partial charge < -0.3 is 15.7 Å². The van der Waals surface area contributed by atoms with Gasteiger partial charge in [0.25, 0.3) is 5.56 Å². The van der Waals surface area contributed by atoms with E-state index in [0.717, 1.165) is 38.3 Å². The van der Waals surface area contributed by atoms with Crippen LogP contribution in [0.4, 0.5) is 0 Å². The van der Waals surface area contributed by atoms with Crippen LogP contribution in [-0.2, 0) is 20.0 Å². The smallest absolute Gasteiger partial charge is 0.291 e. The summed E-state index contributed by atoms with van der Waals surface area (Å²) in [5.41, 5.74) is 9.30. The molecule has 0 saturated heterocycles. The molecule has 0 fully saturated rings. The number of rotatable bonds is 5. The molecule has 28 heavy (non-hydrogen) atoms. The van der Waals surface area contributed by atoms with Crippen LogP contribution in [0.15, 0.2) is 41.0 Å². The molecule has 8 nitrogen and oxygen atoms in total. The van der Waals surface area contributed by atoms with E-state index in [2.05, 4.69) is 15.1 Å². The van der Waals surface area contributed by atoms with Crippen LogP contribution in [0.3, 0.4) is 0 Å². The average Bonchev–Trinajstić information content (AvgIpc) is 3.16. The van der Waals surface area contributed by atoms with E-state index in [0.29, 0.717) is 24.2 Å². The molecule has 9 heteroatoms. The number of hydrogen-bond donors (Lipinski definition) is 2. The van der Waals surface area contributed by atoms with Crippen molar-refractivity contribution >= 4 is 38.8 Å². The second-order valence-electron chi connectivity index (χ2n) is 6.54. The van der Waals surface area contributed by atoms with Crippen LogP contribution in [0.5, 0.6) is 0 Å². The zero-order valence-corrected chi connectivity index (χ0v) is 16.3. The van der Waals surface area contributed by atoms with Crippen molar-refractivity contribution in [2.75, 3.05) is 0 Å². The molecule has 0 aromatic carbocycles. The maximum atomic E-state index is 13.0. The minimum absolute atomic E-state index is 0.168. The zero-order chi connectivity index (χ0) is 19.8. The summed E-state index contributed by atoms with van der Waals surface area (Å²) in [6, 6.07) is 5.72. The molecular formula is C19H19N7OS. The zero-order valence-electron chi connectivity index (χ0n) is 15.5. The Hall–Kier alpha value is -3.33. The maximum absolute atomic E-state index is 13.0. The van der Waals surface area contributed by atoms with E-state index in [-0.39, 0.29) is 5.56 Å². The summed E-state index contributed by atoms with van der Waals surface area (Å²) in [6.07, 6.45) is 4.89. The van der Waals surface area contributed by atoms with Crippen molar-refractivity contribution in [3.8, 4) is 0 Å². The summed E-state index contributed by atoms with van der Waals surface area (Å²) in [5, 5.41) is 13.1. The van der Waals surface area contributed by atoms with E-state index in [1.54, 1.807) is 12.3 Å². The summed E-state index contributed by atoms with van der Waals surface area (Å²) in [5.74, 6) is 0. The maximum Gasteiger partial charge on any atom is 0.291 e. The van der Waals surface area contributed by atoms with Crippen LogP contribution in [-0.4, -0.2) is 30.5 Å². The van der Waals surface area contributed by atoms with Crippen LogP contribution >= 0.6 is 11.3 Å². The Morgan fingerprint density at radius 2 is 2.18 bits per heavy atom. The van der Waals surface area contributed by atoms with Crippen molar-refractivity contribution < 1.29 is 0 Å². The SMILES string of the molecule is Cc1cccc(Cn2ncc3c4sc(CC(N)=CC=N)nc4n(C)c3c2=O)n1. The topological polar surface area (TPSA) is 115 Å². The Labute approximate surface area is 164 Å². The fourth-order valence-corrected chi connectivity index (χ4v) is 4.34. The molecule has 0 aliphatic carbocycles. The highest BCUT2D eigenvalue weighted by Crippen LogP contribution is 2.31. The van der Waals surface area contributed by atoms with Crippen LogP contribution in [0, 0.1) is 12.3 Å². The number of nitrogens with zero attached hydrogens (tertiary/aromatic N) is 5. The quantitative estimate of drug-likeness (QED) is 0.504. The lowest BCUT2D eigenvalue weighted by molar-refractivity contribution is 0.631. The van der Waals surface area contributed by atoms with E-state index < -0.39 is 0 Å². The van der Waals surface area contributed by atoms with Crippen molar-refractivity contribution in [1.29, 1.82) is 5.41 Å². The van der Waals surface area contributed by atoms with Gasteiger partial charge in [-0.15, -0.1) is 11.3 Å². The first-order valence-electron chi connectivity index (χ1n) is 8.69. The standard InChI is InChI=1S/C19H19N7OS/c1-11-4-3-5-13(23-11)10-26-19(27)16-14(9-22-26)17-18(25(16)2)24-15(28-17)8-12(21)6-7-20/h3-7,9,20H,8,10,21H2,1-2H3. The Morgan fingerprint density at radius 3 is 2.93 bits per heavy atom. The molecule has 0 aliphatic heterocycles. The third-order valence-corrected chi connectivity index (χ3v) is 5.56. The van der Waals surface area contributed by atoms with Gasteiger partial charge in [-0.3, -0.25) is 9.78 Å². The number of hydrogen-bond acceptors (Lipinski definition) is 7. The Bertz CT molecular complexity index is 1300. The van der Waals surface area contributed by atoms with Gasteiger partial charge in [-0.25, -0.2) is 9.67 Å². The van der Waals surface area contributed by atoms with E-state index >= 15 is 0 Å². The number of nitrogens with two attached hydrogens (primary N) is 1. The lowest BCUT2D eigenvalue weighted by Crippen LogP contribution is -2.25. The van der Waals surface area contributed by atoms with E-state index in [1.165, 1.54) is 16.0 Å². The number of fused-ring (bicyclic) bond motifs is 3. The van der Waals surface area contributed by atoms with Crippen LogP contribution in [0.2, 0.25) is 0 Å². The molecule has 0 unspecified atom stereocenters. The van der Waals surface area contributed by atoms with Gasteiger partial charge in [-0.1, -0.05) is 6.07 Å². The van der Waals surface area contributed by atoms with Gasteiger partial charge in [-0.2, -0.15) is 5.10 Å². The molecule has 4 rings (SSSR count). The van der Waals surface area contributed by atoms with E-state index in [1.807, 2.05) is 36.7 Å². The molecular weight excluding hydrogens is 374 g/mol. The number of allylic oxidation sites excluding steroid dienone is 2. The molecule has 0 spiro atoms. The van der Waals surface area contributed by atoms with Crippen LogP contribution in [0.1, 0.15) is 16.4 Å². The summed E-state index contributed by atoms with van der Waals surface area (Å²) >= 11 is 1.49. The predicted octanol–water partition coefficient (Wildman–Crippen LogP) is 2.13. The first-order chi connectivity index (χ1) is 13.5. The largest absolute Gasteiger partial charge is 0.402 e. The first kappa shape index (κ1) is 18.1. The second-order valence-corrected chi connectivity index (χ2v) is 7.63. The molecule has 4 aromatic heterocycles. The van der Waals surface area contributed by atoms with Crippen molar-refractivity contribution in [3.63, 3.8) is 0 Å². The Balaban J connectivity index is 1.78. The van der Waals surface area contributed by atoms with E-state index in [9.17, 15) is 4.79 Å². The highest BCUT2D eigenvalue weighted by Gasteiger charge is 2.18. The van der Waals surface area contributed by atoms with E-state index in [4.69, 9.17) is 11.1 Å². The van der Waals surface area contributed by atoms with Crippen molar-refractivity contribution in [2.24, 2.45) is 12.8 Å². The van der Waals surface area contributed by atoms with Gasteiger partial charge in [0.1, 0.15) is 10.5 Å². The van der Waals surface area contributed by atoms with Gasteiger partial charge in [0, 0.05) is 36.5 Å². The Kier molecular flexibility index (Phi) is 4.52. The lowest BCUT2D eigenvalue weighted by atomic mass is 10.3. The minimum atomic E-state index is -0.168. The molecule has 0 bridgehead atoms. The number of thiazole rings is 1. The van der Waals surface area contributed by atoms with Crippen LogP contribution in [0.25, 0.3) is 21.3 Å². The normalized spacial score (nSPS) is 12.1. The van der Waals surface area contributed by atoms with Gasteiger partial charge in [0.15, 0.2) is 5.65 Å². The number of aromatic nitrogens is 5. The number of nitrogens with one attached hydrogen (secondary N) is 1. The number of pyridine rings is 1. The fraction of sp³-hybridized carbons (Fsp3) is 0.211. The molecule has 3 N–H and O–H groups in total. The second kappa shape index (κ2) is 7.01. The average molecular weight is 393 g/mol. The monoisotopic (exact) mass is 393 g/mol. The van der Waals surface area contributed by atoms with Gasteiger partial charge in [-0.05, 0) is 25.1 Å². The van der Waals surface area contributed by atoms with Crippen molar-refractivity contribution in [3.05, 3.63) is 62.9 Å². The van der Waals surface area contributed by atoms with Gasteiger partial charge in [0.05, 0.1) is 23.1 Å². The molecule has 4 heterocycles. The minimum Gasteiger partial charge on any atom is -0.402 e. The molecule has 0 radical (unpaired) electrons. The van der Waals surface area contributed by atoms with Crippen molar-refractivity contribution in [2.45, 2.75) is 19.9 Å². The summed E-state index contributed by atoms with van der Waals surface area (Å²) in [7, 11) is 1.83. The highest BCUT2D eigenvalue weighted by molar-refractivity contribution is 7.19. The molecule has 0 amide bonds. The first-order valence-corrected chi connectivity index (χ1v) is 9.51. The lowest BCUT2D eigenvalue weighted by Gasteiger charge is -2.06. The summed E-state index contributed by atoms with van der Waals surface area (Å²) < 4.78 is 4.16. The predicted molar refractivity (Wildman–Crippen MR) is 111 cm³/mol. The third kappa shape index (κ3) is 3.09. The van der Waals surface area contributed by atoms with Crippen molar-refractivity contribution in [1.82, 2.24) is 24.3 Å². The third-order valence-electron chi connectivity index (χ3n) is 4.48. The van der Waals surface area contributed by atoms with Crippen LogP contribution < -0.4 is 11.3 Å². The highest BCUT2D eigenvalue weighted by atomic mass is 32.1. The summed E-state index contributed by atoms with van der Waals surface area (Å²) in [4.78, 5) is 22.1. The molecule has 0 aliphatic rings. The summed E-state index contributed by atoms with van der Waals surface area (Å²) in [6.45, 7) is 2.24. The fourth-order valence-electron chi connectivity index (χ4n) is 3.20. The van der Waals surface area contributed by atoms with Gasteiger partial charge in [0.2, 0.25) is 0 Å². The Morgan fingerprint density at radius 1 is 1.36 bits per heavy atom. The van der Waals surface area contributed by atoms with Gasteiger partial charge >= 0.3 is 0 Å². The molecule has 4 aromatic rings.